The molecule has 1 saturated heterocycles. The van der Waals surface area contributed by atoms with Gasteiger partial charge in [-0.1, -0.05) is 6.92 Å². The van der Waals surface area contributed by atoms with Gasteiger partial charge in [0, 0.05) is 30.1 Å². The average molecular weight is 293 g/mol. The first-order chi connectivity index (χ1) is 9.88. The average Bonchev–Trinajstić information content (AvgIpc) is 2.96. The van der Waals surface area contributed by atoms with Gasteiger partial charge in [0.15, 0.2) is 0 Å². The van der Waals surface area contributed by atoms with Gasteiger partial charge in [0.1, 0.15) is 0 Å². The summed E-state index contributed by atoms with van der Waals surface area (Å²) in [5.41, 5.74) is 1.65. The third kappa shape index (κ3) is 3.26. The van der Waals surface area contributed by atoms with Crippen LogP contribution in [-0.4, -0.2) is 25.8 Å². The predicted octanol–water partition coefficient (Wildman–Crippen LogP) is 3.96. The first-order valence-electron chi connectivity index (χ1n) is 8.26. The van der Waals surface area contributed by atoms with Crippen LogP contribution in [0.2, 0.25) is 0 Å². The number of aryl methyl sites for hydroxylation is 1. The Morgan fingerprint density at radius 3 is 3.00 bits per heavy atom. The molecule has 1 N–H and O–H groups in total. The number of rotatable bonds is 5. The smallest absolute Gasteiger partial charge is 0.0468 e. The van der Waals surface area contributed by atoms with Gasteiger partial charge in [-0.15, -0.1) is 11.3 Å². The Labute approximate surface area is 126 Å². The third-order valence-electron chi connectivity index (χ3n) is 4.98. The predicted molar refractivity (Wildman–Crippen MR) is 85.6 cm³/mol. The standard InChI is InChI=1S/C17H27NOS/c1-2-18-16(12-13-6-9-19-10-7-13)14-4-3-5-17-15(14)8-11-20-17/h8,11,13-14,16,18H,2-7,9-10,12H2,1H3. The van der Waals surface area contributed by atoms with Gasteiger partial charge in [-0.25, -0.2) is 0 Å². The quantitative estimate of drug-likeness (QED) is 0.887. The highest BCUT2D eigenvalue weighted by atomic mass is 32.1. The molecule has 2 aliphatic rings. The fraction of sp³-hybridized carbons (Fsp3) is 0.765. The number of nitrogens with one attached hydrogen (secondary N) is 1. The fourth-order valence-corrected chi connectivity index (χ4v) is 4.93. The summed E-state index contributed by atoms with van der Waals surface area (Å²) < 4.78 is 5.51. The van der Waals surface area contributed by atoms with Crippen molar-refractivity contribution in [3.63, 3.8) is 0 Å². The largest absolute Gasteiger partial charge is 0.381 e. The molecule has 2 nitrogen and oxygen atoms in total. The first-order valence-corrected chi connectivity index (χ1v) is 9.13. The minimum Gasteiger partial charge on any atom is -0.381 e. The van der Waals surface area contributed by atoms with Crippen molar-refractivity contribution >= 4 is 11.3 Å². The summed E-state index contributed by atoms with van der Waals surface area (Å²) in [4.78, 5) is 1.65. The summed E-state index contributed by atoms with van der Waals surface area (Å²) in [7, 11) is 0. The molecule has 3 rings (SSSR count). The van der Waals surface area contributed by atoms with Crippen LogP contribution < -0.4 is 5.32 Å². The number of thiophene rings is 1. The second kappa shape index (κ2) is 7.06. The van der Waals surface area contributed by atoms with Gasteiger partial charge in [-0.3, -0.25) is 0 Å². The summed E-state index contributed by atoms with van der Waals surface area (Å²) in [5.74, 6) is 1.60. The molecule has 112 valence electrons. The van der Waals surface area contributed by atoms with E-state index in [1.165, 1.54) is 38.5 Å². The zero-order valence-corrected chi connectivity index (χ0v) is 13.4. The van der Waals surface area contributed by atoms with Crippen molar-refractivity contribution in [1.82, 2.24) is 5.32 Å². The van der Waals surface area contributed by atoms with Crippen molar-refractivity contribution < 1.29 is 4.74 Å². The Morgan fingerprint density at radius 1 is 1.35 bits per heavy atom. The summed E-state index contributed by atoms with van der Waals surface area (Å²) in [6, 6.07) is 3.05. The van der Waals surface area contributed by atoms with Crippen molar-refractivity contribution in [1.29, 1.82) is 0 Å². The third-order valence-corrected chi connectivity index (χ3v) is 5.97. The van der Waals surface area contributed by atoms with Gasteiger partial charge in [0.2, 0.25) is 0 Å². The molecule has 0 spiro atoms. The number of ether oxygens (including phenoxy) is 1. The maximum atomic E-state index is 5.51. The van der Waals surface area contributed by atoms with E-state index in [1.54, 1.807) is 10.4 Å². The molecule has 20 heavy (non-hydrogen) atoms. The Balaban J connectivity index is 1.70. The van der Waals surface area contributed by atoms with Crippen LogP contribution in [0.15, 0.2) is 11.4 Å². The molecular weight excluding hydrogens is 266 g/mol. The Morgan fingerprint density at radius 2 is 2.20 bits per heavy atom. The molecule has 2 unspecified atom stereocenters. The van der Waals surface area contributed by atoms with E-state index in [9.17, 15) is 0 Å². The van der Waals surface area contributed by atoms with Crippen LogP contribution in [0.25, 0.3) is 0 Å². The molecule has 1 fully saturated rings. The van der Waals surface area contributed by atoms with Gasteiger partial charge < -0.3 is 10.1 Å². The van der Waals surface area contributed by atoms with Crippen LogP contribution in [0, 0.1) is 5.92 Å². The molecular formula is C17H27NOS. The molecule has 0 amide bonds. The summed E-state index contributed by atoms with van der Waals surface area (Å²) >= 11 is 1.96. The molecule has 2 heterocycles. The zero-order valence-electron chi connectivity index (χ0n) is 12.6. The minimum absolute atomic E-state index is 0.664. The SMILES string of the molecule is CCNC(CC1CCOCC1)C1CCCc2sccc21. The van der Waals surface area contributed by atoms with Gasteiger partial charge in [0.05, 0.1) is 0 Å². The lowest BCUT2D eigenvalue weighted by Gasteiger charge is -2.34. The number of fused-ring (bicyclic) bond motifs is 1. The Kier molecular flexibility index (Phi) is 5.14. The van der Waals surface area contributed by atoms with E-state index < -0.39 is 0 Å². The molecule has 2 atom stereocenters. The number of likely N-dealkylation sites (N-methyl/N-ethyl adjacent to an activating group) is 1. The minimum atomic E-state index is 0.664. The van der Waals surface area contributed by atoms with Crippen LogP contribution in [0.4, 0.5) is 0 Å². The van der Waals surface area contributed by atoms with Crippen molar-refractivity contribution in [3.05, 3.63) is 21.9 Å². The lowest BCUT2D eigenvalue weighted by Crippen LogP contribution is -2.38. The summed E-state index contributed by atoms with van der Waals surface area (Å²) in [6.07, 6.45) is 7.88. The van der Waals surface area contributed by atoms with E-state index in [2.05, 4.69) is 23.7 Å². The van der Waals surface area contributed by atoms with Crippen molar-refractivity contribution in [2.45, 2.75) is 57.4 Å². The van der Waals surface area contributed by atoms with E-state index >= 15 is 0 Å². The van der Waals surface area contributed by atoms with Crippen LogP contribution in [0.5, 0.6) is 0 Å². The van der Waals surface area contributed by atoms with Gasteiger partial charge in [-0.2, -0.15) is 0 Å². The summed E-state index contributed by atoms with van der Waals surface area (Å²) in [5, 5.41) is 6.09. The van der Waals surface area contributed by atoms with Crippen LogP contribution in [-0.2, 0) is 11.2 Å². The highest BCUT2D eigenvalue weighted by molar-refractivity contribution is 7.10. The van der Waals surface area contributed by atoms with Crippen LogP contribution in [0.1, 0.15) is 55.4 Å². The second-order valence-electron chi connectivity index (χ2n) is 6.25. The first kappa shape index (κ1) is 14.6. The van der Waals surface area contributed by atoms with E-state index in [0.29, 0.717) is 6.04 Å². The molecule has 0 bridgehead atoms. The Bertz CT molecular complexity index is 411. The molecule has 1 aliphatic heterocycles. The fourth-order valence-electron chi connectivity index (χ4n) is 3.93. The summed E-state index contributed by atoms with van der Waals surface area (Å²) in [6.45, 7) is 5.27. The lowest BCUT2D eigenvalue weighted by molar-refractivity contribution is 0.0592. The molecule has 0 saturated carbocycles. The van der Waals surface area contributed by atoms with Crippen LogP contribution in [0.3, 0.4) is 0 Å². The maximum absolute atomic E-state index is 5.51. The van der Waals surface area contributed by atoms with E-state index in [1.807, 2.05) is 11.3 Å². The van der Waals surface area contributed by atoms with Crippen molar-refractivity contribution in [2.75, 3.05) is 19.8 Å². The zero-order chi connectivity index (χ0) is 13.8. The molecule has 1 aromatic rings. The maximum Gasteiger partial charge on any atom is 0.0468 e. The van der Waals surface area contributed by atoms with Crippen molar-refractivity contribution in [3.8, 4) is 0 Å². The van der Waals surface area contributed by atoms with Gasteiger partial charge in [0.25, 0.3) is 0 Å². The topological polar surface area (TPSA) is 21.3 Å². The Hall–Kier alpha value is -0.380. The van der Waals surface area contributed by atoms with E-state index in [4.69, 9.17) is 4.74 Å². The molecule has 1 aromatic heterocycles. The molecule has 1 aliphatic carbocycles. The second-order valence-corrected chi connectivity index (χ2v) is 7.25. The number of hydrogen-bond acceptors (Lipinski definition) is 3. The van der Waals surface area contributed by atoms with E-state index in [0.717, 1.165) is 31.6 Å². The van der Waals surface area contributed by atoms with Gasteiger partial charge in [-0.05, 0) is 68.0 Å². The molecule has 3 heteroatoms. The molecule has 0 radical (unpaired) electrons. The normalized spacial score (nSPS) is 25.4. The highest BCUT2D eigenvalue weighted by Gasteiger charge is 2.30. The van der Waals surface area contributed by atoms with Gasteiger partial charge >= 0.3 is 0 Å². The monoisotopic (exact) mass is 293 g/mol. The molecule has 0 aromatic carbocycles. The van der Waals surface area contributed by atoms with Crippen molar-refractivity contribution in [2.24, 2.45) is 5.92 Å². The highest BCUT2D eigenvalue weighted by Crippen LogP contribution is 2.39. The number of hydrogen-bond donors (Lipinski definition) is 1. The lowest BCUT2D eigenvalue weighted by atomic mass is 9.78. The van der Waals surface area contributed by atoms with E-state index in [-0.39, 0.29) is 0 Å². The van der Waals surface area contributed by atoms with Crippen LogP contribution >= 0.6 is 11.3 Å².